The largest absolute Gasteiger partial charge is 0.465 e. The molecule has 1 rings (SSSR count). The molecule has 1 atom stereocenters. The summed E-state index contributed by atoms with van der Waals surface area (Å²) in [6, 6.07) is 6.87. The second-order valence-corrected chi connectivity index (χ2v) is 6.63. The minimum absolute atomic E-state index is 0.162. The van der Waals surface area contributed by atoms with Gasteiger partial charge in [0.1, 0.15) is 0 Å². The number of nitrogens with one attached hydrogen (secondary N) is 1. The molecule has 0 aliphatic rings. The van der Waals surface area contributed by atoms with Gasteiger partial charge in [-0.05, 0) is 31.5 Å². The number of hydrogen-bond acceptors (Lipinski definition) is 4. The third-order valence-electron chi connectivity index (χ3n) is 2.32. The lowest BCUT2D eigenvalue weighted by Gasteiger charge is -2.14. The molecule has 0 fully saturated rings. The van der Waals surface area contributed by atoms with Crippen molar-refractivity contribution in [2.45, 2.75) is 19.9 Å². The summed E-state index contributed by atoms with van der Waals surface area (Å²) in [5.74, 6) is -1.42. The monoisotopic (exact) mass is 349 g/mol. The van der Waals surface area contributed by atoms with Gasteiger partial charge >= 0.3 is 5.97 Å². The van der Waals surface area contributed by atoms with Crippen molar-refractivity contribution in [2.75, 3.05) is 12.4 Å². The quantitative estimate of drug-likeness (QED) is 0.797. The molecule has 0 amide bonds. The van der Waals surface area contributed by atoms with Crippen LogP contribution in [0.4, 0.5) is 0 Å². The van der Waals surface area contributed by atoms with Gasteiger partial charge < -0.3 is 4.74 Å². The highest BCUT2D eigenvalue weighted by molar-refractivity contribution is 9.10. The molecular weight excluding hydrogens is 334 g/mol. The molecular formula is C12H16BrNO4S. The van der Waals surface area contributed by atoms with E-state index in [0.29, 0.717) is 0 Å². The summed E-state index contributed by atoms with van der Waals surface area (Å²) in [6.07, 6.45) is 0. The highest BCUT2D eigenvalue weighted by Crippen LogP contribution is 2.18. The third-order valence-corrected chi connectivity index (χ3v) is 4.14. The number of ether oxygens (including phenoxy) is 1. The van der Waals surface area contributed by atoms with Crippen LogP contribution in [0.2, 0.25) is 0 Å². The second-order valence-electron chi connectivity index (χ2n) is 3.96. The minimum Gasteiger partial charge on any atom is -0.465 e. The predicted molar refractivity (Wildman–Crippen MR) is 76.1 cm³/mol. The zero-order valence-electron chi connectivity index (χ0n) is 10.7. The van der Waals surface area contributed by atoms with E-state index < -0.39 is 27.8 Å². The van der Waals surface area contributed by atoms with Crippen LogP contribution in [0.15, 0.2) is 28.7 Å². The van der Waals surface area contributed by atoms with E-state index in [0.717, 1.165) is 10.0 Å². The van der Waals surface area contributed by atoms with Crippen LogP contribution in [-0.2, 0) is 19.6 Å². The lowest BCUT2D eigenvalue weighted by atomic mass is 10.1. The predicted octanol–water partition coefficient (Wildman–Crippen LogP) is 1.99. The van der Waals surface area contributed by atoms with Crippen LogP contribution >= 0.6 is 15.9 Å². The number of carbonyl (C=O) groups excluding carboxylic acids is 1. The average Bonchev–Trinajstić information content (AvgIpc) is 2.27. The van der Waals surface area contributed by atoms with Crippen molar-refractivity contribution in [3.63, 3.8) is 0 Å². The molecule has 1 aromatic rings. The summed E-state index contributed by atoms with van der Waals surface area (Å²) in [5.41, 5.74) is 0.807. The average molecular weight is 350 g/mol. The van der Waals surface area contributed by atoms with Gasteiger partial charge in [0.2, 0.25) is 10.0 Å². The Labute approximate surface area is 121 Å². The number of benzene rings is 1. The van der Waals surface area contributed by atoms with Crippen molar-refractivity contribution in [1.82, 2.24) is 4.72 Å². The van der Waals surface area contributed by atoms with Crippen LogP contribution in [-0.4, -0.2) is 26.7 Å². The fraction of sp³-hybridized carbons (Fsp3) is 0.417. The first-order valence-electron chi connectivity index (χ1n) is 5.75. The first-order chi connectivity index (χ1) is 8.84. The van der Waals surface area contributed by atoms with Gasteiger partial charge in [0, 0.05) is 10.5 Å². The standard InChI is InChI=1S/C12H16BrNO4S/c1-3-18-12(15)8-19(16,17)14-9(2)10-5-4-6-11(13)7-10/h4-7,9,14H,3,8H2,1-2H3. The zero-order valence-corrected chi connectivity index (χ0v) is 13.1. The van der Waals surface area contributed by atoms with E-state index in [1.165, 1.54) is 0 Å². The number of halogens is 1. The maximum absolute atomic E-state index is 11.8. The molecule has 5 nitrogen and oxygen atoms in total. The van der Waals surface area contributed by atoms with E-state index in [1.807, 2.05) is 24.3 Å². The second kappa shape index (κ2) is 7.02. The molecule has 0 saturated heterocycles. The number of sulfonamides is 1. The van der Waals surface area contributed by atoms with Gasteiger partial charge in [-0.2, -0.15) is 0 Å². The number of hydrogen-bond donors (Lipinski definition) is 1. The van der Waals surface area contributed by atoms with Crippen LogP contribution < -0.4 is 4.72 Å². The normalized spacial score (nSPS) is 13.0. The van der Waals surface area contributed by atoms with Gasteiger partial charge in [0.05, 0.1) is 6.61 Å². The van der Waals surface area contributed by atoms with Gasteiger partial charge in [0.25, 0.3) is 0 Å². The molecule has 1 N–H and O–H groups in total. The van der Waals surface area contributed by atoms with Crippen LogP contribution in [0.5, 0.6) is 0 Å². The molecule has 0 bridgehead atoms. The van der Waals surface area contributed by atoms with Crippen molar-refractivity contribution in [2.24, 2.45) is 0 Å². The van der Waals surface area contributed by atoms with E-state index in [9.17, 15) is 13.2 Å². The maximum Gasteiger partial charge on any atom is 0.322 e. The van der Waals surface area contributed by atoms with Gasteiger partial charge in [-0.3, -0.25) is 4.79 Å². The van der Waals surface area contributed by atoms with Crippen molar-refractivity contribution in [3.8, 4) is 0 Å². The first kappa shape index (κ1) is 16.1. The Balaban J connectivity index is 2.70. The summed E-state index contributed by atoms with van der Waals surface area (Å²) in [6.45, 7) is 3.50. The lowest BCUT2D eigenvalue weighted by molar-refractivity contribution is -0.139. The number of carbonyl (C=O) groups is 1. The third kappa shape index (κ3) is 5.71. The molecule has 0 aliphatic heterocycles. The summed E-state index contributed by atoms with van der Waals surface area (Å²) in [4.78, 5) is 11.2. The zero-order chi connectivity index (χ0) is 14.5. The lowest BCUT2D eigenvalue weighted by Crippen LogP contribution is -2.32. The summed E-state index contributed by atoms with van der Waals surface area (Å²) < 4.78 is 31.4. The highest BCUT2D eigenvalue weighted by Gasteiger charge is 2.20. The van der Waals surface area contributed by atoms with Crippen LogP contribution in [0, 0.1) is 0 Å². The first-order valence-corrected chi connectivity index (χ1v) is 8.19. The minimum atomic E-state index is -3.70. The Bertz CT molecular complexity index is 544. The van der Waals surface area contributed by atoms with Crippen molar-refractivity contribution >= 4 is 31.9 Å². The van der Waals surface area contributed by atoms with E-state index >= 15 is 0 Å². The van der Waals surface area contributed by atoms with E-state index in [4.69, 9.17) is 0 Å². The van der Waals surface area contributed by atoms with Gasteiger partial charge in [-0.25, -0.2) is 13.1 Å². The van der Waals surface area contributed by atoms with Gasteiger partial charge in [-0.15, -0.1) is 0 Å². The van der Waals surface area contributed by atoms with Crippen LogP contribution in [0.1, 0.15) is 25.5 Å². The molecule has 0 saturated carbocycles. The molecule has 0 spiro atoms. The molecule has 0 aromatic heterocycles. The molecule has 1 aromatic carbocycles. The SMILES string of the molecule is CCOC(=O)CS(=O)(=O)NC(C)c1cccc(Br)c1. The van der Waals surface area contributed by atoms with E-state index in [2.05, 4.69) is 25.4 Å². The molecule has 0 radical (unpaired) electrons. The summed E-state index contributed by atoms with van der Waals surface area (Å²) >= 11 is 3.32. The Morgan fingerprint density at radius 3 is 2.74 bits per heavy atom. The topological polar surface area (TPSA) is 72.5 Å². The Kier molecular flexibility index (Phi) is 5.96. The molecule has 1 unspecified atom stereocenters. The summed E-state index contributed by atoms with van der Waals surface area (Å²) in [5, 5.41) is 0. The fourth-order valence-corrected chi connectivity index (χ4v) is 3.08. The van der Waals surface area contributed by atoms with Crippen molar-refractivity contribution in [1.29, 1.82) is 0 Å². The maximum atomic E-state index is 11.8. The Morgan fingerprint density at radius 2 is 2.16 bits per heavy atom. The molecule has 7 heteroatoms. The van der Waals surface area contributed by atoms with Gasteiger partial charge in [0.15, 0.2) is 5.75 Å². The van der Waals surface area contributed by atoms with Gasteiger partial charge in [-0.1, -0.05) is 28.1 Å². The van der Waals surface area contributed by atoms with E-state index in [1.54, 1.807) is 13.8 Å². The molecule has 106 valence electrons. The van der Waals surface area contributed by atoms with Crippen molar-refractivity contribution in [3.05, 3.63) is 34.3 Å². The molecule has 0 heterocycles. The molecule has 19 heavy (non-hydrogen) atoms. The number of esters is 1. The molecule has 0 aliphatic carbocycles. The highest BCUT2D eigenvalue weighted by atomic mass is 79.9. The van der Waals surface area contributed by atoms with Crippen LogP contribution in [0.3, 0.4) is 0 Å². The number of rotatable bonds is 6. The van der Waals surface area contributed by atoms with E-state index in [-0.39, 0.29) is 6.61 Å². The Hall–Kier alpha value is -0.920. The van der Waals surface area contributed by atoms with Crippen LogP contribution in [0.25, 0.3) is 0 Å². The van der Waals surface area contributed by atoms with Crippen molar-refractivity contribution < 1.29 is 17.9 Å². The smallest absolute Gasteiger partial charge is 0.322 e. The fourth-order valence-electron chi connectivity index (χ4n) is 1.51. The Morgan fingerprint density at radius 1 is 1.47 bits per heavy atom. The summed E-state index contributed by atoms with van der Waals surface area (Å²) in [7, 11) is -3.70.